The van der Waals surface area contributed by atoms with Gasteiger partial charge in [0.1, 0.15) is 17.2 Å². The molecule has 0 saturated heterocycles. The van der Waals surface area contributed by atoms with Crippen molar-refractivity contribution in [3.63, 3.8) is 0 Å². The molecule has 2 aromatic carbocycles. The minimum Gasteiger partial charge on any atom is -0.508 e. The number of hydrogen-bond donors (Lipinski definition) is 3. The van der Waals surface area contributed by atoms with Crippen molar-refractivity contribution in [2.75, 3.05) is 19.1 Å². The molecular weight excluding hydrogens is 346 g/mol. The van der Waals surface area contributed by atoms with E-state index >= 15 is 0 Å². The molecule has 0 saturated carbocycles. The van der Waals surface area contributed by atoms with Crippen LogP contribution >= 0.6 is 0 Å². The Balaban J connectivity index is 1.98. The first-order chi connectivity index (χ1) is 13.0. The molecule has 0 bridgehead atoms. The van der Waals surface area contributed by atoms with Crippen LogP contribution in [0.1, 0.15) is 22.8 Å². The number of ether oxygens (including phenoxy) is 1. The number of aromatic nitrogens is 2. The van der Waals surface area contributed by atoms with Gasteiger partial charge in [-0.3, -0.25) is 9.89 Å². The van der Waals surface area contributed by atoms with Crippen LogP contribution < -0.4 is 9.64 Å². The van der Waals surface area contributed by atoms with Crippen LogP contribution in [-0.2, 0) is 6.42 Å². The van der Waals surface area contributed by atoms with E-state index in [0.29, 0.717) is 40.2 Å². The summed E-state index contributed by atoms with van der Waals surface area (Å²) in [7, 11) is 3.20. The number of aryl methyl sites for hydroxylation is 1. The fourth-order valence-corrected chi connectivity index (χ4v) is 2.87. The lowest BCUT2D eigenvalue weighted by Gasteiger charge is -2.18. The molecule has 1 aromatic heterocycles. The maximum Gasteiger partial charge on any atom is 0.258 e. The van der Waals surface area contributed by atoms with E-state index < -0.39 is 0 Å². The second-order valence-corrected chi connectivity index (χ2v) is 6.07. The number of anilines is 1. The first-order valence-corrected chi connectivity index (χ1v) is 8.47. The number of amides is 1. The summed E-state index contributed by atoms with van der Waals surface area (Å²) in [6.07, 6.45) is 2.12. The van der Waals surface area contributed by atoms with Gasteiger partial charge in [0.25, 0.3) is 5.91 Å². The zero-order valence-corrected chi connectivity index (χ0v) is 15.4. The minimum atomic E-state index is -0.228. The fourth-order valence-electron chi connectivity index (χ4n) is 2.87. The lowest BCUT2D eigenvalue weighted by molar-refractivity contribution is 0.0993. The molecule has 140 valence electrons. The second kappa shape index (κ2) is 7.41. The Morgan fingerprint density at radius 3 is 2.52 bits per heavy atom. The maximum absolute atomic E-state index is 12.8. The first-order valence-electron chi connectivity index (χ1n) is 8.47. The molecule has 3 rings (SSSR count). The third-order valence-electron chi connectivity index (χ3n) is 4.47. The number of hydrogen-bond acceptors (Lipinski definition) is 5. The molecule has 3 N–H and O–H groups in total. The van der Waals surface area contributed by atoms with Gasteiger partial charge < -0.3 is 19.8 Å². The highest BCUT2D eigenvalue weighted by molar-refractivity contribution is 6.07. The predicted octanol–water partition coefficient (Wildman–Crippen LogP) is 3.34. The Morgan fingerprint density at radius 2 is 1.89 bits per heavy atom. The highest BCUT2D eigenvalue weighted by Crippen LogP contribution is 2.38. The molecule has 1 heterocycles. The number of nitrogens with one attached hydrogen (secondary N) is 1. The van der Waals surface area contributed by atoms with Gasteiger partial charge in [0, 0.05) is 24.2 Å². The predicted molar refractivity (Wildman–Crippen MR) is 102 cm³/mol. The maximum atomic E-state index is 12.8. The van der Waals surface area contributed by atoms with Gasteiger partial charge in [0.2, 0.25) is 0 Å². The largest absolute Gasteiger partial charge is 0.508 e. The molecule has 27 heavy (non-hydrogen) atoms. The van der Waals surface area contributed by atoms with Gasteiger partial charge in [-0.1, -0.05) is 6.92 Å². The molecule has 0 unspecified atom stereocenters. The van der Waals surface area contributed by atoms with Crippen molar-refractivity contribution in [1.29, 1.82) is 0 Å². The Kier molecular flexibility index (Phi) is 5.03. The van der Waals surface area contributed by atoms with Crippen LogP contribution in [0.2, 0.25) is 0 Å². The van der Waals surface area contributed by atoms with Gasteiger partial charge in [0.15, 0.2) is 0 Å². The van der Waals surface area contributed by atoms with E-state index in [2.05, 4.69) is 10.2 Å². The Hall–Kier alpha value is -3.48. The second-order valence-electron chi connectivity index (χ2n) is 6.07. The van der Waals surface area contributed by atoms with Crippen LogP contribution in [-0.4, -0.2) is 40.5 Å². The molecule has 7 heteroatoms. The highest BCUT2D eigenvalue weighted by atomic mass is 16.5. The van der Waals surface area contributed by atoms with Crippen molar-refractivity contribution >= 4 is 11.6 Å². The number of benzene rings is 2. The zero-order chi connectivity index (χ0) is 19.6. The lowest BCUT2D eigenvalue weighted by Crippen LogP contribution is -2.26. The number of phenols is 2. The molecule has 1 amide bonds. The molecule has 0 aliphatic rings. The van der Waals surface area contributed by atoms with Crippen molar-refractivity contribution in [1.82, 2.24) is 10.2 Å². The summed E-state index contributed by atoms with van der Waals surface area (Å²) in [5.41, 5.74) is 2.65. The molecule has 0 spiro atoms. The summed E-state index contributed by atoms with van der Waals surface area (Å²) >= 11 is 0. The summed E-state index contributed by atoms with van der Waals surface area (Å²) in [5.74, 6) is 0.372. The number of phenolic OH excluding ortho intramolecular Hbond substituents is 2. The number of carbonyl (C=O) groups is 1. The summed E-state index contributed by atoms with van der Waals surface area (Å²) in [4.78, 5) is 14.3. The third kappa shape index (κ3) is 3.44. The number of aromatic amines is 1. The number of nitrogens with zero attached hydrogens (tertiary/aromatic N) is 2. The summed E-state index contributed by atoms with van der Waals surface area (Å²) in [6.45, 7) is 1.91. The van der Waals surface area contributed by atoms with Gasteiger partial charge in [-0.05, 0) is 42.3 Å². The van der Waals surface area contributed by atoms with Crippen molar-refractivity contribution in [3.8, 4) is 28.5 Å². The first kappa shape index (κ1) is 18.3. The molecule has 0 aliphatic carbocycles. The molecular formula is C20H21N3O4. The van der Waals surface area contributed by atoms with E-state index in [1.54, 1.807) is 44.5 Å². The van der Waals surface area contributed by atoms with E-state index in [0.717, 1.165) is 0 Å². The molecule has 0 fully saturated rings. The van der Waals surface area contributed by atoms with Crippen LogP contribution in [0, 0.1) is 0 Å². The molecule has 3 aromatic rings. The van der Waals surface area contributed by atoms with Gasteiger partial charge >= 0.3 is 0 Å². The zero-order valence-electron chi connectivity index (χ0n) is 15.4. The topological polar surface area (TPSA) is 98.7 Å². The van der Waals surface area contributed by atoms with Crippen LogP contribution in [0.3, 0.4) is 0 Å². The number of aromatic hydroxyl groups is 2. The van der Waals surface area contributed by atoms with E-state index in [1.165, 1.54) is 17.2 Å². The van der Waals surface area contributed by atoms with Gasteiger partial charge in [-0.2, -0.15) is 5.10 Å². The number of carbonyl (C=O) groups excluding carboxylic acids is 1. The average Bonchev–Trinajstić information content (AvgIpc) is 3.16. The average molecular weight is 367 g/mol. The van der Waals surface area contributed by atoms with Gasteiger partial charge in [0.05, 0.1) is 24.7 Å². The van der Waals surface area contributed by atoms with Crippen molar-refractivity contribution in [2.24, 2.45) is 0 Å². The van der Waals surface area contributed by atoms with Gasteiger partial charge in [-0.15, -0.1) is 0 Å². The SMILES string of the molecule is CCc1cc(-c2[nH]ncc2N(C)C(=O)c2ccc(OC)cc2)c(O)cc1O. The molecule has 0 atom stereocenters. The molecule has 0 radical (unpaired) electrons. The van der Waals surface area contributed by atoms with Crippen LogP contribution in [0.25, 0.3) is 11.3 Å². The molecule has 0 aliphatic heterocycles. The van der Waals surface area contributed by atoms with Crippen LogP contribution in [0.15, 0.2) is 42.6 Å². The number of methoxy groups -OCH3 is 1. The Labute approximate surface area is 156 Å². The van der Waals surface area contributed by atoms with Crippen LogP contribution in [0.5, 0.6) is 17.2 Å². The quantitative estimate of drug-likeness (QED) is 0.642. The third-order valence-corrected chi connectivity index (χ3v) is 4.47. The fraction of sp³-hybridized carbons (Fsp3) is 0.200. The Morgan fingerprint density at radius 1 is 1.19 bits per heavy atom. The van der Waals surface area contributed by atoms with E-state index in [4.69, 9.17) is 4.74 Å². The summed E-state index contributed by atoms with van der Waals surface area (Å²) < 4.78 is 5.12. The monoisotopic (exact) mass is 367 g/mol. The van der Waals surface area contributed by atoms with E-state index in [1.807, 2.05) is 6.92 Å². The smallest absolute Gasteiger partial charge is 0.258 e. The molecule has 7 nitrogen and oxygen atoms in total. The van der Waals surface area contributed by atoms with Crippen LogP contribution in [0.4, 0.5) is 5.69 Å². The normalized spacial score (nSPS) is 10.6. The lowest BCUT2D eigenvalue weighted by atomic mass is 10.0. The Bertz CT molecular complexity index is 964. The minimum absolute atomic E-state index is 0.0301. The van der Waals surface area contributed by atoms with E-state index in [-0.39, 0.29) is 17.4 Å². The van der Waals surface area contributed by atoms with Crippen molar-refractivity contribution < 1.29 is 19.7 Å². The van der Waals surface area contributed by atoms with Gasteiger partial charge in [-0.25, -0.2) is 0 Å². The summed E-state index contributed by atoms with van der Waals surface area (Å²) in [5, 5.41) is 27.1. The number of H-pyrrole nitrogens is 1. The number of rotatable bonds is 5. The van der Waals surface area contributed by atoms with Crippen molar-refractivity contribution in [2.45, 2.75) is 13.3 Å². The summed E-state index contributed by atoms with van der Waals surface area (Å²) in [6, 6.07) is 9.79. The van der Waals surface area contributed by atoms with Crippen molar-refractivity contribution in [3.05, 3.63) is 53.7 Å². The standard InChI is InChI=1S/C20H21N3O4/c1-4-12-9-15(18(25)10-17(12)24)19-16(11-21-22-19)23(2)20(26)13-5-7-14(27-3)8-6-13/h5-11,24-25H,4H2,1-3H3,(H,21,22). The highest BCUT2D eigenvalue weighted by Gasteiger charge is 2.21. The van der Waals surface area contributed by atoms with E-state index in [9.17, 15) is 15.0 Å².